The maximum absolute atomic E-state index is 5.23. The predicted molar refractivity (Wildman–Crippen MR) is 95.8 cm³/mol. The number of hydrogen-bond acceptors (Lipinski definition) is 3. The standard InChI is InChI=1S/C16H19N3S2/c1-13-4-6-14(7-5-13)12-21-10-9-18-16(20)19-15-3-2-8-17-11-15/h2-8,11H,9-10,12H2,1H3,(H2,18,19,20). The van der Waals surface area contributed by atoms with Crippen LogP contribution in [0.15, 0.2) is 48.8 Å². The molecule has 21 heavy (non-hydrogen) atoms. The molecular weight excluding hydrogens is 298 g/mol. The molecule has 0 bridgehead atoms. The number of thioether (sulfide) groups is 1. The number of aromatic nitrogens is 1. The molecular formula is C16H19N3S2. The maximum Gasteiger partial charge on any atom is 0.170 e. The van der Waals surface area contributed by atoms with Gasteiger partial charge in [-0.25, -0.2) is 0 Å². The Morgan fingerprint density at radius 2 is 2.05 bits per heavy atom. The smallest absolute Gasteiger partial charge is 0.170 e. The molecule has 2 N–H and O–H groups in total. The summed E-state index contributed by atoms with van der Waals surface area (Å²) in [5, 5.41) is 6.94. The average Bonchev–Trinajstić information content (AvgIpc) is 2.50. The van der Waals surface area contributed by atoms with Crippen LogP contribution in [0.2, 0.25) is 0 Å². The van der Waals surface area contributed by atoms with Gasteiger partial charge in [-0.15, -0.1) is 0 Å². The monoisotopic (exact) mass is 317 g/mol. The van der Waals surface area contributed by atoms with E-state index in [2.05, 4.69) is 46.8 Å². The van der Waals surface area contributed by atoms with Crippen molar-refractivity contribution in [1.82, 2.24) is 10.3 Å². The van der Waals surface area contributed by atoms with Crippen molar-refractivity contribution >= 4 is 34.8 Å². The SMILES string of the molecule is Cc1ccc(CSCCNC(=S)Nc2cccnc2)cc1. The number of rotatable bonds is 6. The molecule has 0 spiro atoms. The fourth-order valence-electron chi connectivity index (χ4n) is 1.72. The van der Waals surface area contributed by atoms with E-state index in [4.69, 9.17) is 12.2 Å². The number of aryl methyl sites for hydroxylation is 1. The number of nitrogens with one attached hydrogen (secondary N) is 2. The minimum absolute atomic E-state index is 0.638. The summed E-state index contributed by atoms with van der Waals surface area (Å²) in [6, 6.07) is 12.5. The summed E-state index contributed by atoms with van der Waals surface area (Å²) in [5.74, 6) is 2.05. The summed E-state index contributed by atoms with van der Waals surface area (Å²) in [7, 11) is 0. The van der Waals surface area contributed by atoms with Crippen LogP contribution >= 0.6 is 24.0 Å². The molecule has 3 nitrogen and oxygen atoms in total. The van der Waals surface area contributed by atoms with Crippen LogP contribution in [0.25, 0.3) is 0 Å². The zero-order chi connectivity index (χ0) is 14.9. The molecule has 0 radical (unpaired) electrons. The molecule has 1 aromatic heterocycles. The first kappa shape index (κ1) is 15.8. The van der Waals surface area contributed by atoms with Crippen LogP contribution in [-0.2, 0) is 5.75 Å². The number of anilines is 1. The topological polar surface area (TPSA) is 37.0 Å². The summed E-state index contributed by atoms with van der Waals surface area (Å²) in [4.78, 5) is 4.03. The summed E-state index contributed by atoms with van der Waals surface area (Å²) >= 11 is 7.13. The van der Waals surface area contributed by atoms with E-state index in [-0.39, 0.29) is 0 Å². The molecule has 0 unspecified atom stereocenters. The highest BCUT2D eigenvalue weighted by atomic mass is 32.2. The van der Waals surface area contributed by atoms with Crippen LogP contribution in [0.5, 0.6) is 0 Å². The van der Waals surface area contributed by atoms with E-state index in [1.165, 1.54) is 11.1 Å². The molecule has 1 heterocycles. The molecule has 0 saturated heterocycles. The zero-order valence-corrected chi connectivity index (χ0v) is 13.6. The number of hydrogen-bond donors (Lipinski definition) is 2. The Morgan fingerprint density at radius 1 is 1.24 bits per heavy atom. The lowest BCUT2D eigenvalue weighted by Gasteiger charge is -2.10. The molecule has 110 valence electrons. The summed E-state index contributed by atoms with van der Waals surface area (Å²) in [6.07, 6.45) is 3.49. The Balaban J connectivity index is 1.59. The van der Waals surface area contributed by atoms with Crippen molar-refractivity contribution in [3.63, 3.8) is 0 Å². The van der Waals surface area contributed by atoms with Crippen molar-refractivity contribution in [2.75, 3.05) is 17.6 Å². The van der Waals surface area contributed by atoms with E-state index in [1.54, 1.807) is 12.4 Å². The minimum atomic E-state index is 0.638. The van der Waals surface area contributed by atoms with Crippen molar-refractivity contribution in [1.29, 1.82) is 0 Å². The van der Waals surface area contributed by atoms with Gasteiger partial charge < -0.3 is 10.6 Å². The van der Waals surface area contributed by atoms with Gasteiger partial charge in [-0.2, -0.15) is 11.8 Å². The predicted octanol–water partition coefficient (Wildman–Crippen LogP) is 3.61. The van der Waals surface area contributed by atoms with Gasteiger partial charge in [-0.05, 0) is 36.8 Å². The second-order valence-corrected chi connectivity index (χ2v) is 6.17. The Labute approximate surface area is 135 Å². The van der Waals surface area contributed by atoms with E-state index >= 15 is 0 Å². The number of pyridine rings is 1. The van der Waals surface area contributed by atoms with Crippen molar-refractivity contribution in [2.45, 2.75) is 12.7 Å². The molecule has 2 aromatic rings. The van der Waals surface area contributed by atoms with Crippen molar-refractivity contribution in [3.8, 4) is 0 Å². The molecule has 0 atom stereocenters. The highest BCUT2D eigenvalue weighted by molar-refractivity contribution is 7.98. The highest BCUT2D eigenvalue weighted by Crippen LogP contribution is 2.12. The first-order chi connectivity index (χ1) is 10.2. The molecule has 0 aliphatic carbocycles. The second kappa shape index (κ2) is 8.64. The first-order valence-corrected chi connectivity index (χ1v) is 8.38. The lowest BCUT2D eigenvalue weighted by Crippen LogP contribution is -2.30. The molecule has 5 heteroatoms. The fraction of sp³-hybridized carbons (Fsp3) is 0.250. The number of nitrogens with zero attached hydrogens (tertiary/aromatic N) is 1. The largest absolute Gasteiger partial charge is 0.362 e. The van der Waals surface area contributed by atoms with Crippen LogP contribution < -0.4 is 10.6 Å². The second-order valence-electron chi connectivity index (χ2n) is 4.66. The molecule has 0 aliphatic rings. The van der Waals surface area contributed by atoms with Crippen LogP contribution in [0.3, 0.4) is 0 Å². The molecule has 1 aromatic carbocycles. The Kier molecular flexibility index (Phi) is 6.50. The molecule has 2 rings (SSSR count). The van der Waals surface area contributed by atoms with Crippen molar-refractivity contribution < 1.29 is 0 Å². The van der Waals surface area contributed by atoms with Crippen LogP contribution in [0, 0.1) is 6.92 Å². The summed E-state index contributed by atoms with van der Waals surface area (Å²) in [6.45, 7) is 2.96. The van der Waals surface area contributed by atoms with Gasteiger partial charge in [0.05, 0.1) is 11.9 Å². The van der Waals surface area contributed by atoms with E-state index in [0.717, 1.165) is 23.7 Å². The highest BCUT2D eigenvalue weighted by Gasteiger charge is 1.97. The van der Waals surface area contributed by atoms with E-state index in [1.807, 2.05) is 23.9 Å². The quantitative estimate of drug-likeness (QED) is 0.629. The Morgan fingerprint density at radius 3 is 2.76 bits per heavy atom. The Hall–Kier alpha value is -1.59. The van der Waals surface area contributed by atoms with Crippen LogP contribution in [0.4, 0.5) is 5.69 Å². The Bertz CT molecular complexity index is 555. The third-order valence-corrected chi connectivity index (χ3v) is 4.12. The molecule has 0 amide bonds. The lowest BCUT2D eigenvalue weighted by atomic mass is 10.2. The number of benzene rings is 1. The third kappa shape index (κ3) is 6.14. The molecule has 0 fully saturated rings. The molecule has 0 saturated carbocycles. The van der Waals surface area contributed by atoms with E-state index in [9.17, 15) is 0 Å². The fourth-order valence-corrected chi connectivity index (χ4v) is 2.76. The molecule has 0 aliphatic heterocycles. The average molecular weight is 317 g/mol. The van der Waals surface area contributed by atoms with Gasteiger partial charge in [0.15, 0.2) is 5.11 Å². The van der Waals surface area contributed by atoms with Gasteiger partial charge in [0, 0.05) is 24.2 Å². The summed E-state index contributed by atoms with van der Waals surface area (Å²) < 4.78 is 0. The van der Waals surface area contributed by atoms with Gasteiger partial charge >= 0.3 is 0 Å². The van der Waals surface area contributed by atoms with Crippen molar-refractivity contribution in [3.05, 3.63) is 59.9 Å². The van der Waals surface area contributed by atoms with Gasteiger partial charge in [0.2, 0.25) is 0 Å². The van der Waals surface area contributed by atoms with Crippen molar-refractivity contribution in [2.24, 2.45) is 0 Å². The normalized spacial score (nSPS) is 10.1. The summed E-state index contributed by atoms with van der Waals surface area (Å²) in [5.41, 5.74) is 3.57. The third-order valence-electron chi connectivity index (χ3n) is 2.84. The van der Waals surface area contributed by atoms with E-state index in [0.29, 0.717) is 5.11 Å². The van der Waals surface area contributed by atoms with Gasteiger partial charge in [0.1, 0.15) is 0 Å². The lowest BCUT2D eigenvalue weighted by molar-refractivity contribution is 0.989. The first-order valence-electron chi connectivity index (χ1n) is 6.82. The number of thiocarbonyl (C=S) groups is 1. The van der Waals surface area contributed by atoms with Crippen LogP contribution in [-0.4, -0.2) is 22.4 Å². The minimum Gasteiger partial charge on any atom is -0.362 e. The van der Waals surface area contributed by atoms with Gasteiger partial charge in [0.25, 0.3) is 0 Å². The van der Waals surface area contributed by atoms with Crippen LogP contribution in [0.1, 0.15) is 11.1 Å². The van der Waals surface area contributed by atoms with Gasteiger partial charge in [-0.3, -0.25) is 4.98 Å². The zero-order valence-electron chi connectivity index (χ0n) is 12.0. The maximum atomic E-state index is 5.23. The van der Waals surface area contributed by atoms with E-state index < -0.39 is 0 Å². The van der Waals surface area contributed by atoms with Gasteiger partial charge in [-0.1, -0.05) is 29.8 Å².